The molecule has 1 N–H and O–H groups in total. The summed E-state index contributed by atoms with van der Waals surface area (Å²) >= 11 is 0. The van der Waals surface area contributed by atoms with Crippen LogP contribution in [0.5, 0.6) is 11.5 Å². The zero-order valence-electron chi connectivity index (χ0n) is 15.6. The molecule has 1 aromatic carbocycles. The van der Waals surface area contributed by atoms with E-state index in [0.717, 1.165) is 19.3 Å². The monoisotopic (exact) mass is 361 g/mol. The average molecular weight is 361 g/mol. The van der Waals surface area contributed by atoms with Crippen molar-refractivity contribution in [1.82, 2.24) is 5.32 Å². The number of esters is 1. The number of nitrogens with one attached hydrogen (secondary N) is 1. The number of carbonyl (C=O) groups excluding carboxylic acids is 2. The van der Waals surface area contributed by atoms with Crippen molar-refractivity contribution in [3.8, 4) is 11.5 Å². The predicted octanol–water partition coefficient (Wildman–Crippen LogP) is 2.96. The number of methoxy groups -OCH3 is 2. The van der Waals surface area contributed by atoms with Crippen molar-refractivity contribution in [3.63, 3.8) is 0 Å². The minimum Gasteiger partial charge on any atom is -0.497 e. The van der Waals surface area contributed by atoms with Gasteiger partial charge in [-0.05, 0) is 43.0 Å². The van der Waals surface area contributed by atoms with Crippen LogP contribution in [0, 0.1) is 5.92 Å². The molecule has 2 rings (SSSR count). The molecule has 0 saturated heterocycles. The molecule has 1 amide bonds. The molecule has 1 aliphatic rings. The molecule has 0 spiro atoms. The Morgan fingerprint density at radius 2 is 1.96 bits per heavy atom. The number of carbonyl (C=O) groups is 2. The van der Waals surface area contributed by atoms with Gasteiger partial charge in [0.2, 0.25) is 0 Å². The number of benzene rings is 1. The van der Waals surface area contributed by atoms with Crippen molar-refractivity contribution in [2.24, 2.45) is 5.92 Å². The summed E-state index contributed by atoms with van der Waals surface area (Å²) in [6, 6.07) is 5.44. The Morgan fingerprint density at radius 1 is 1.19 bits per heavy atom. The van der Waals surface area contributed by atoms with Gasteiger partial charge in [0.15, 0.2) is 6.61 Å². The van der Waals surface area contributed by atoms with E-state index in [2.05, 4.69) is 12.2 Å². The summed E-state index contributed by atoms with van der Waals surface area (Å²) in [7, 11) is 3.11. The normalized spacial score (nSPS) is 19.8. The van der Waals surface area contributed by atoms with Crippen LogP contribution in [-0.4, -0.2) is 38.7 Å². The zero-order valence-corrected chi connectivity index (χ0v) is 15.6. The summed E-state index contributed by atoms with van der Waals surface area (Å²) in [5.74, 6) is 0.883. The average Bonchev–Trinajstić information content (AvgIpc) is 2.66. The summed E-state index contributed by atoms with van der Waals surface area (Å²) < 4.78 is 15.4. The van der Waals surface area contributed by atoms with Crippen molar-refractivity contribution < 1.29 is 23.8 Å². The molecule has 26 heavy (non-hydrogen) atoms. The van der Waals surface area contributed by atoms with Crippen molar-refractivity contribution in [2.45, 2.75) is 38.6 Å². The highest BCUT2D eigenvalue weighted by Crippen LogP contribution is 2.25. The standard InChI is InChI=1S/C20H27NO5/c1-14-6-4-5-7-17(14)21-19(22)13-26-20(23)11-8-15-12-16(24-2)9-10-18(15)25-3/h8-12,14,17H,4-7,13H2,1-3H3,(H,21,22). The summed E-state index contributed by atoms with van der Waals surface area (Å²) in [5.41, 5.74) is 0.685. The van der Waals surface area contributed by atoms with E-state index in [0.29, 0.717) is 23.0 Å². The van der Waals surface area contributed by atoms with Crippen LogP contribution in [0.3, 0.4) is 0 Å². The van der Waals surface area contributed by atoms with Gasteiger partial charge in [0.05, 0.1) is 14.2 Å². The molecule has 6 heteroatoms. The second kappa shape index (κ2) is 9.85. The number of hydrogen-bond acceptors (Lipinski definition) is 5. The summed E-state index contributed by atoms with van der Waals surface area (Å²) in [4.78, 5) is 23.8. The quantitative estimate of drug-likeness (QED) is 0.597. The highest BCUT2D eigenvalue weighted by atomic mass is 16.5. The molecule has 0 heterocycles. The Hall–Kier alpha value is -2.50. The van der Waals surface area contributed by atoms with E-state index in [4.69, 9.17) is 14.2 Å². The largest absolute Gasteiger partial charge is 0.497 e. The highest BCUT2D eigenvalue weighted by Gasteiger charge is 2.22. The van der Waals surface area contributed by atoms with E-state index >= 15 is 0 Å². The van der Waals surface area contributed by atoms with E-state index in [-0.39, 0.29) is 18.6 Å². The maximum Gasteiger partial charge on any atom is 0.331 e. The minimum absolute atomic E-state index is 0.173. The van der Waals surface area contributed by atoms with Crippen LogP contribution in [0.2, 0.25) is 0 Å². The third kappa shape index (κ3) is 5.79. The van der Waals surface area contributed by atoms with Gasteiger partial charge >= 0.3 is 5.97 Å². The fraction of sp³-hybridized carbons (Fsp3) is 0.500. The van der Waals surface area contributed by atoms with Gasteiger partial charge in [-0.2, -0.15) is 0 Å². The summed E-state index contributed by atoms with van der Waals surface area (Å²) in [5, 5.41) is 2.95. The van der Waals surface area contributed by atoms with Gasteiger partial charge in [0.1, 0.15) is 11.5 Å². The van der Waals surface area contributed by atoms with E-state index in [1.807, 2.05) is 0 Å². The number of hydrogen-bond donors (Lipinski definition) is 1. The van der Waals surface area contributed by atoms with Gasteiger partial charge in [0.25, 0.3) is 5.91 Å². The smallest absolute Gasteiger partial charge is 0.331 e. The molecular weight excluding hydrogens is 334 g/mol. The van der Waals surface area contributed by atoms with Gasteiger partial charge in [-0.15, -0.1) is 0 Å². The van der Waals surface area contributed by atoms with Crippen molar-refractivity contribution in [2.75, 3.05) is 20.8 Å². The second-order valence-electron chi connectivity index (χ2n) is 6.48. The lowest BCUT2D eigenvalue weighted by atomic mass is 9.86. The van der Waals surface area contributed by atoms with Gasteiger partial charge in [-0.1, -0.05) is 19.8 Å². The van der Waals surface area contributed by atoms with Crippen LogP contribution in [0.15, 0.2) is 24.3 Å². The van der Waals surface area contributed by atoms with Crippen molar-refractivity contribution in [1.29, 1.82) is 0 Å². The molecule has 2 atom stereocenters. The fourth-order valence-electron chi connectivity index (χ4n) is 3.09. The third-order valence-electron chi connectivity index (χ3n) is 4.64. The SMILES string of the molecule is COc1ccc(OC)c(C=CC(=O)OCC(=O)NC2CCCCC2C)c1. The Bertz CT molecular complexity index is 656. The minimum atomic E-state index is -0.582. The molecule has 1 fully saturated rings. The molecule has 6 nitrogen and oxygen atoms in total. The molecule has 142 valence electrons. The van der Waals surface area contributed by atoms with Gasteiger partial charge in [-0.25, -0.2) is 4.79 Å². The summed E-state index contributed by atoms with van der Waals surface area (Å²) in [6.45, 7) is 1.86. The molecule has 1 aliphatic carbocycles. The maximum atomic E-state index is 12.0. The van der Waals surface area contributed by atoms with Gasteiger partial charge < -0.3 is 19.5 Å². The van der Waals surface area contributed by atoms with Crippen LogP contribution in [0.1, 0.15) is 38.2 Å². The second-order valence-corrected chi connectivity index (χ2v) is 6.48. The number of amides is 1. The first kappa shape index (κ1) is 19.8. The van der Waals surface area contributed by atoms with E-state index in [1.165, 1.54) is 12.5 Å². The Balaban J connectivity index is 1.84. The van der Waals surface area contributed by atoms with Crippen LogP contribution >= 0.6 is 0 Å². The lowest BCUT2D eigenvalue weighted by molar-refractivity contribution is -0.144. The van der Waals surface area contributed by atoms with Crippen LogP contribution in [0.25, 0.3) is 6.08 Å². The molecule has 0 bridgehead atoms. The van der Waals surface area contributed by atoms with Gasteiger partial charge in [-0.3, -0.25) is 4.79 Å². The van der Waals surface area contributed by atoms with E-state index < -0.39 is 5.97 Å². The van der Waals surface area contributed by atoms with E-state index in [1.54, 1.807) is 38.5 Å². The summed E-state index contributed by atoms with van der Waals surface area (Å²) in [6.07, 6.45) is 7.28. The first-order valence-electron chi connectivity index (χ1n) is 8.89. The van der Waals surface area contributed by atoms with Crippen LogP contribution < -0.4 is 14.8 Å². The lowest BCUT2D eigenvalue weighted by Gasteiger charge is -2.29. The first-order chi connectivity index (χ1) is 12.5. The number of rotatable bonds is 7. The molecular formula is C20H27NO5. The topological polar surface area (TPSA) is 73.9 Å². The molecule has 0 aromatic heterocycles. The first-order valence-corrected chi connectivity index (χ1v) is 8.89. The third-order valence-corrected chi connectivity index (χ3v) is 4.64. The maximum absolute atomic E-state index is 12.0. The van der Waals surface area contributed by atoms with Crippen molar-refractivity contribution in [3.05, 3.63) is 29.8 Å². The fourth-order valence-corrected chi connectivity index (χ4v) is 3.09. The molecule has 0 aliphatic heterocycles. The van der Waals surface area contributed by atoms with Crippen LogP contribution in [-0.2, 0) is 14.3 Å². The molecule has 0 radical (unpaired) electrons. The zero-order chi connectivity index (χ0) is 18.9. The van der Waals surface area contributed by atoms with Gasteiger partial charge in [0, 0.05) is 17.7 Å². The lowest BCUT2D eigenvalue weighted by Crippen LogP contribution is -2.42. The van der Waals surface area contributed by atoms with Crippen LogP contribution in [0.4, 0.5) is 0 Å². The molecule has 1 saturated carbocycles. The molecule has 2 unspecified atom stereocenters. The number of ether oxygens (including phenoxy) is 3. The van der Waals surface area contributed by atoms with Crippen molar-refractivity contribution >= 4 is 18.0 Å². The molecule has 1 aromatic rings. The Kier molecular flexibility index (Phi) is 7.51. The van der Waals surface area contributed by atoms with E-state index in [9.17, 15) is 9.59 Å². The Labute approximate surface area is 154 Å². The highest BCUT2D eigenvalue weighted by molar-refractivity contribution is 5.89. The predicted molar refractivity (Wildman–Crippen MR) is 99.1 cm³/mol. The Morgan fingerprint density at radius 3 is 2.65 bits per heavy atom.